The van der Waals surface area contributed by atoms with Gasteiger partial charge in [-0.05, 0) is 32.9 Å². The van der Waals surface area contributed by atoms with Crippen molar-refractivity contribution in [3.63, 3.8) is 0 Å². The molecule has 2 aromatic carbocycles. The second-order valence-electron chi connectivity index (χ2n) is 5.82. The molecule has 0 aliphatic heterocycles. The lowest BCUT2D eigenvalue weighted by atomic mass is 10.1. The number of ether oxygens (including phenoxy) is 1. The predicted molar refractivity (Wildman–Crippen MR) is 93.4 cm³/mol. The van der Waals surface area contributed by atoms with Crippen LogP contribution in [0.2, 0.25) is 0 Å². The van der Waals surface area contributed by atoms with Gasteiger partial charge in [-0.2, -0.15) is 0 Å². The van der Waals surface area contributed by atoms with Crippen LogP contribution in [0.5, 0.6) is 5.75 Å². The Morgan fingerprint density at radius 2 is 1.75 bits per heavy atom. The molecule has 3 rings (SSSR count). The largest absolute Gasteiger partial charge is 0.475 e. The third-order valence-corrected chi connectivity index (χ3v) is 3.94. The summed E-state index contributed by atoms with van der Waals surface area (Å²) in [5.74, 6) is 0.254. The first-order valence-corrected chi connectivity index (χ1v) is 7.77. The van der Waals surface area contributed by atoms with Crippen LogP contribution in [-0.2, 0) is 4.79 Å². The maximum absolute atomic E-state index is 12.9. The van der Waals surface area contributed by atoms with E-state index in [2.05, 4.69) is 0 Å². The Balaban J connectivity index is 2.26. The monoisotopic (exact) mass is 322 g/mol. The Morgan fingerprint density at radius 1 is 1.08 bits per heavy atom. The third kappa shape index (κ3) is 2.95. The summed E-state index contributed by atoms with van der Waals surface area (Å²) in [6.45, 7) is 5.03. The molecule has 0 fully saturated rings. The minimum absolute atomic E-state index is 0.0697. The predicted octanol–water partition coefficient (Wildman–Crippen LogP) is 4.12. The Morgan fingerprint density at radius 3 is 2.42 bits per heavy atom. The molecule has 0 saturated heterocycles. The standard InChI is InChI=1S/C20H18O4/c1-12-8-10-15(11-9-12)19-20(23-14(3)13(2)21)18(22)16-6-4-5-7-17(16)24-19/h4-11,14H,1-3H3/t14-/m0/s1. The van der Waals surface area contributed by atoms with E-state index in [-0.39, 0.29) is 17.0 Å². The van der Waals surface area contributed by atoms with Crippen molar-refractivity contribution in [3.8, 4) is 17.1 Å². The number of rotatable bonds is 4. The van der Waals surface area contributed by atoms with Gasteiger partial charge in [0.25, 0.3) is 0 Å². The summed E-state index contributed by atoms with van der Waals surface area (Å²) in [7, 11) is 0. The van der Waals surface area contributed by atoms with Crippen LogP contribution in [0.15, 0.2) is 57.7 Å². The first-order chi connectivity index (χ1) is 11.5. The number of para-hydroxylation sites is 1. The smallest absolute Gasteiger partial charge is 0.235 e. The third-order valence-electron chi connectivity index (χ3n) is 3.94. The molecule has 122 valence electrons. The number of hydrogen-bond donors (Lipinski definition) is 0. The van der Waals surface area contributed by atoms with E-state index in [0.29, 0.717) is 16.7 Å². The lowest BCUT2D eigenvalue weighted by Crippen LogP contribution is -2.24. The minimum atomic E-state index is -0.724. The molecule has 24 heavy (non-hydrogen) atoms. The number of aryl methyl sites for hydroxylation is 1. The van der Waals surface area contributed by atoms with Gasteiger partial charge in [-0.1, -0.05) is 42.0 Å². The van der Waals surface area contributed by atoms with Gasteiger partial charge >= 0.3 is 0 Å². The lowest BCUT2D eigenvalue weighted by Gasteiger charge is -2.15. The summed E-state index contributed by atoms with van der Waals surface area (Å²) in [5, 5.41) is 0.430. The van der Waals surface area contributed by atoms with Crippen LogP contribution in [-0.4, -0.2) is 11.9 Å². The second-order valence-corrected chi connectivity index (χ2v) is 5.82. The number of benzene rings is 2. The van der Waals surface area contributed by atoms with Gasteiger partial charge < -0.3 is 9.15 Å². The molecule has 0 amide bonds. The van der Waals surface area contributed by atoms with E-state index in [9.17, 15) is 9.59 Å². The summed E-state index contributed by atoms with van der Waals surface area (Å²) in [4.78, 5) is 24.4. The SMILES string of the molecule is CC(=O)[C@H](C)Oc1c(-c2ccc(C)cc2)oc2ccccc2c1=O. The maximum Gasteiger partial charge on any atom is 0.235 e. The van der Waals surface area contributed by atoms with Crippen LogP contribution < -0.4 is 10.2 Å². The van der Waals surface area contributed by atoms with Gasteiger partial charge in [0.15, 0.2) is 17.6 Å². The van der Waals surface area contributed by atoms with Gasteiger partial charge in [-0.25, -0.2) is 0 Å². The Bertz CT molecular complexity index is 952. The van der Waals surface area contributed by atoms with E-state index < -0.39 is 6.10 Å². The van der Waals surface area contributed by atoms with Gasteiger partial charge in [0.2, 0.25) is 11.2 Å². The normalized spacial score (nSPS) is 12.1. The molecule has 1 atom stereocenters. The maximum atomic E-state index is 12.9. The van der Waals surface area contributed by atoms with E-state index in [4.69, 9.17) is 9.15 Å². The van der Waals surface area contributed by atoms with Gasteiger partial charge in [0.05, 0.1) is 5.39 Å². The number of fused-ring (bicyclic) bond motifs is 1. The molecule has 4 heteroatoms. The van der Waals surface area contributed by atoms with E-state index in [1.54, 1.807) is 25.1 Å². The summed E-state index contributed by atoms with van der Waals surface area (Å²) < 4.78 is 11.6. The van der Waals surface area contributed by atoms with E-state index in [1.807, 2.05) is 37.3 Å². The van der Waals surface area contributed by atoms with Gasteiger partial charge in [-0.15, -0.1) is 0 Å². The molecule has 0 bridgehead atoms. The zero-order valence-electron chi connectivity index (χ0n) is 13.8. The van der Waals surface area contributed by atoms with Crippen molar-refractivity contribution < 1.29 is 13.9 Å². The van der Waals surface area contributed by atoms with Crippen molar-refractivity contribution in [2.75, 3.05) is 0 Å². The number of ketones is 1. The molecule has 3 aromatic rings. The zero-order chi connectivity index (χ0) is 17.3. The van der Waals surface area contributed by atoms with Crippen LogP contribution in [0, 0.1) is 6.92 Å². The summed E-state index contributed by atoms with van der Waals surface area (Å²) >= 11 is 0. The van der Waals surface area contributed by atoms with Crippen molar-refractivity contribution in [3.05, 3.63) is 64.3 Å². The van der Waals surface area contributed by atoms with Crippen molar-refractivity contribution in [2.45, 2.75) is 26.9 Å². The van der Waals surface area contributed by atoms with Crippen molar-refractivity contribution in [2.24, 2.45) is 0 Å². The van der Waals surface area contributed by atoms with Crippen LogP contribution >= 0.6 is 0 Å². The van der Waals surface area contributed by atoms with Crippen molar-refractivity contribution in [1.82, 2.24) is 0 Å². The molecule has 0 N–H and O–H groups in total. The Hall–Kier alpha value is -2.88. The highest BCUT2D eigenvalue weighted by atomic mass is 16.5. The van der Waals surface area contributed by atoms with E-state index in [1.165, 1.54) is 6.92 Å². The van der Waals surface area contributed by atoms with Gasteiger partial charge in [0, 0.05) is 5.56 Å². The molecule has 0 unspecified atom stereocenters. The molecule has 0 spiro atoms. The van der Waals surface area contributed by atoms with Gasteiger partial charge in [0.1, 0.15) is 5.58 Å². The van der Waals surface area contributed by atoms with Crippen molar-refractivity contribution in [1.29, 1.82) is 0 Å². The fraction of sp³-hybridized carbons (Fsp3) is 0.200. The molecular weight excluding hydrogens is 304 g/mol. The molecule has 0 radical (unpaired) electrons. The fourth-order valence-electron chi connectivity index (χ4n) is 2.39. The number of Topliss-reactive ketones (excluding diaryl/α,β-unsaturated/α-hetero) is 1. The number of carbonyl (C=O) groups excluding carboxylic acids is 1. The van der Waals surface area contributed by atoms with Crippen LogP contribution in [0.4, 0.5) is 0 Å². The molecule has 1 aromatic heterocycles. The van der Waals surface area contributed by atoms with E-state index in [0.717, 1.165) is 11.1 Å². The number of hydrogen-bond acceptors (Lipinski definition) is 4. The van der Waals surface area contributed by atoms with Crippen molar-refractivity contribution >= 4 is 16.8 Å². The highest BCUT2D eigenvalue weighted by Crippen LogP contribution is 2.31. The molecule has 0 saturated carbocycles. The number of carbonyl (C=O) groups is 1. The molecule has 0 aliphatic rings. The first kappa shape index (κ1) is 16.0. The highest BCUT2D eigenvalue weighted by molar-refractivity contribution is 5.83. The second kappa shape index (κ2) is 6.32. The summed E-state index contributed by atoms with van der Waals surface area (Å²) in [5.41, 5.74) is 2.04. The summed E-state index contributed by atoms with van der Waals surface area (Å²) in [6.07, 6.45) is -0.724. The van der Waals surface area contributed by atoms with Gasteiger partial charge in [-0.3, -0.25) is 9.59 Å². The van der Waals surface area contributed by atoms with Crippen LogP contribution in [0.1, 0.15) is 19.4 Å². The van der Waals surface area contributed by atoms with Crippen LogP contribution in [0.3, 0.4) is 0 Å². The average molecular weight is 322 g/mol. The van der Waals surface area contributed by atoms with Crippen LogP contribution in [0.25, 0.3) is 22.3 Å². The molecular formula is C20H18O4. The molecule has 1 heterocycles. The fourth-order valence-corrected chi connectivity index (χ4v) is 2.39. The average Bonchev–Trinajstić information content (AvgIpc) is 2.58. The topological polar surface area (TPSA) is 56.5 Å². The summed E-state index contributed by atoms with van der Waals surface area (Å²) in [6, 6.07) is 14.6. The lowest BCUT2D eigenvalue weighted by molar-refractivity contribution is -0.122. The quantitative estimate of drug-likeness (QED) is 0.725. The molecule has 4 nitrogen and oxygen atoms in total. The van der Waals surface area contributed by atoms with E-state index >= 15 is 0 Å². The zero-order valence-corrected chi connectivity index (χ0v) is 13.8. The Kier molecular flexibility index (Phi) is 4.21. The Labute approximate surface area is 139 Å². The first-order valence-electron chi connectivity index (χ1n) is 7.77. The minimum Gasteiger partial charge on any atom is -0.475 e. The molecule has 0 aliphatic carbocycles. The highest BCUT2D eigenvalue weighted by Gasteiger charge is 2.21.